The molecule has 1 N–H and O–H groups in total. The summed E-state index contributed by atoms with van der Waals surface area (Å²) in [7, 11) is -3.61. The second-order valence-corrected chi connectivity index (χ2v) is 7.57. The van der Waals surface area contributed by atoms with Crippen molar-refractivity contribution in [3.05, 3.63) is 64.7 Å². The Labute approximate surface area is 151 Å². The van der Waals surface area contributed by atoms with E-state index in [1.165, 1.54) is 0 Å². The van der Waals surface area contributed by atoms with E-state index in [1.54, 1.807) is 48.5 Å². The first-order valence-corrected chi connectivity index (χ1v) is 9.56. The molecule has 0 spiro atoms. The summed E-state index contributed by atoms with van der Waals surface area (Å²) in [5.74, 6) is -0.335. The third-order valence-corrected chi connectivity index (χ3v) is 4.83. The smallest absolute Gasteiger partial charge is 0.251 e. The minimum atomic E-state index is -3.61. The Hall–Kier alpha value is -2.56. The van der Waals surface area contributed by atoms with Gasteiger partial charge in [-0.25, -0.2) is 8.42 Å². The van der Waals surface area contributed by atoms with E-state index < -0.39 is 10.0 Å². The monoisotopic (exact) mass is 377 g/mol. The Morgan fingerprint density at radius 2 is 1.84 bits per heavy atom. The lowest BCUT2D eigenvalue weighted by atomic mass is 10.2. The molecule has 0 saturated carbocycles. The van der Waals surface area contributed by atoms with Gasteiger partial charge in [0.1, 0.15) is 6.07 Å². The van der Waals surface area contributed by atoms with Crippen molar-refractivity contribution in [1.82, 2.24) is 5.32 Å². The van der Waals surface area contributed by atoms with Crippen LogP contribution < -0.4 is 9.62 Å². The van der Waals surface area contributed by atoms with Crippen LogP contribution in [0.2, 0.25) is 5.02 Å². The Kier molecular flexibility index (Phi) is 6.02. The number of carbonyl (C=O) groups excluding carboxylic acids is 1. The molecule has 0 aliphatic heterocycles. The molecule has 0 fully saturated rings. The number of nitrogens with zero attached hydrogens (tertiary/aromatic N) is 2. The number of anilines is 1. The molecule has 0 unspecified atom stereocenters. The van der Waals surface area contributed by atoms with Crippen LogP contribution in [0.5, 0.6) is 0 Å². The van der Waals surface area contributed by atoms with E-state index >= 15 is 0 Å². The fourth-order valence-electron chi connectivity index (χ4n) is 2.22. The number of halogens is 1. The van der Waals surface area contributed by atoms with Gasteiger partial charge in [-0.15, -0.1) is 0 Å². The molecular formula is C17H16ClN3O3S. The fraction of sp³-hybridized carbons (Fsp3) is 0.176. The van der Waals surface area contributed by atoms with Crippen molar-refractivity contribution >= 4 is 33.2 Å². The Morgan fingerprint density at radius 1 is 1.20 bits per heavy atom. The summed E-state index contributed by atoms with van der Waals surface area (Å²) in [6.45, 7) is 0.102. The molecular weight excluding hydrogens is 362 g/mol. The zero-order chi connectivity index (χ0) is 18.4. The van der Waals surface area contributed by atoms with Crippen LogP contribution in [0.1, 0.15) is 15.9 Å². The summed E-state index contributed by atoms with van der Waals surface area (Å²) in [6, 6.07) is 14.7. The van der Waals surface area contributed by atoms with Crippen LogP contribution >= 0.6 is 11.6 Å². The van der Waals surface area contributed by atoms with E-state index in [9.17, 15) is 13.2 Å². The quantitative estimate of drug-likeness (QED) is 0.836. The van der Waals surface area contributed by atoms with Crippen molar-refractivity contribution < 1.29 is 13.2 Å². The van der Waals surface area contributed by atoms with Crippen LogP contribution in [0.3, 0.4) is 0 Å². The lowest BCUT2D eigenvalue weighted by molar-refractivity contribution is 0.0955. The number of amides is 1. The van der Waals surface area contributed by atoms with Crippen LogP contribution in [0.15, 0.2) is 48.5 Å². The molecule has 0 saturated heterocycles. The van der Waals surface area contributed by atoms with Gasteiger partial charge >= 0.3 is 0 Å². The lowest BCUT2D eigenvalue weighted by Gasteiger charge is -2.23. The number of hydrogen-bond donors (Lipinski definition) is 1. The van der Waals surface area contributed by atoms with Gasteiger partial charge in [-0.2, -0.15) is 5.26 Å². The molecule has 0 heterocycles. The number of para-hydroxylation sites is 1. The zero-order valence-corrected chi connectivity index (χ0v) is 15.0. The summed E-state index contributed by atoms with van der Waals surface area (Å²) in [4.78, 5) is 12.1. The van der Waals surface area contributed by atoms with Crippen molar-refractivity contribution in [1.29, 1.82) is 5.26 Å². The molecule has 130 valence electrons. The summed E-state index contributed by atoms with van der Waals surface area (Å²) < 4.78 is 25.2. The highest BCUT2D eigenvalue weighted by Crippen LogP contribution is 2.21. The van der Waals surface area contributed by atoms with E-state index in [0.717, 1.165) is 10.6 Å². The number of sulfonamides is 1. The number of rotatable bonds is 6. The molecule has 0 aromatic heterocycles. The predicted octanol–water partition coefficient (Wildman–Crippen LogP) is 2.41. The average molecular weight is 378 g/mol. The molecule has 1 amide bonds. The van der Waals surface area contributed by atoms with Crippen molar-refractivity contribution in [3.63, 3.8) is 0 Å². The van der Waals surface area contributed by atoms with Crippen LogP contribution in [-0.2, 0) is 10.0 Å². The highest BCUT2D eigenvalue weighted by Gasteiger charge is 2.20. The summed E-state index contributed by atoms with van der Waals surface area (Å²) in [6.07, 6.45) is 1.06. The van der Waals surface area contributed by atoms with Gasteiger partial charge in [-0.3, -0.25) is 9.10 Å². The van der Waals surface area contributed by atoms with Gasteiger partial charge in [0.05, 0.1) is 24.1 Å². The predicted molar refractivity (Wildman–Crippen MR) is 97.1 cm³/mol. The topological polar surface area (TPSA) is 90.3 Å². The molecule has 6 nitrogen and oxygen atoms in total. The third-order valence-electron chi connectivity index (χ3n) is 3.40. The lowest BCUT2D eigenvalue weighted by Crippen LogP contribution is -2.38. The number of nitrogens with one attached hydrogen (secondary N) is 1. The zero-order valence-electron chi connectivity index (χ0n) is 13.4. The maximum absolute atomic E-state index is 12.1. The highest BCUT2D eigenvalue weighted by atomic mass is 35.5. The Morgan fingerprint density at radius 3 is 2.44 bits per heavy atom. The maximum atomic E-state index is 12.1. The number of carbonyl (C=O) groups is 1. The van der Waals surface area contributed by atoms with Crippen LogP contribution in [-0.4, -0.2) is 33.7 Å². The van der Waals surface area contributed by atoms with Crippen molar-refractivity contribution in [2.24, 2.45) is 0 Å². The van der Waals surface area contributed by atoms with Crippen LogP contribution in [0.25, 0.3) is 0 Å². The van der Waals surface area contributed by atoms with E-state index in [1.807, 2.05) is 6.07 Å². The summed E-state index contributed by atoms with van der Waals surface area (Å²) in [5, 5.41) is 12.3. The van der Waals surface area contributed by atoms with Crippen LogP contribution in [0, 0.1) is 11.3 Å². The van der Waals surface area contributed by atoms with Crippen LogP contribution in [0.4, 0.5) is 5.69 Å². The number of nitriles is 1. The van der Waals surface area contributed by atoms with Crippen molar-refractivity contribution in [2.75, 3.05) is 23.7 Å². The van der Waals surface area contributed by atoms with E-state index in [4.69, 9.17) is 16.9 Å². The molecule has 0 aliphatic rings. The Balaban J connectivity index is 2.10. The maximum Gasteiger partial charge on any atom is 0.251 e. The summed E-state index contributed by atoms with van der Waals surface area (Å²) >= 11 is 5.78. The second kappa shape index (κ2) is 8.01. The molecule has 0 atom stereocenters. The minimum Gasteiger partial charge on any atom is -0.350 e. The third kappa shape index (κ3) is 4.95. The molecule has 2 aromatic carbocycles. The van der Waals surface area contributed by atoms with Crippen molar-refractivity contribution in [2.45, 2.75) is 0 Å². The van der Waals surface area contributed by atoms with Crippen molar-refractivity contribution in [3.8, 4) is 6.07 Å². The molecule has 2 aromatic rings. The largest absolute Gasteiger partial charge is 0.350 e. The number of hydrogen-bond acceptors (Lipinski definition) is 4. The normalized spacial score (nSPS) is 10.8. The minimum absolute atomic E-state index is 0.0108. The van der Waals surface area contributed by atoms with Gasteiger partial charge < -0.3 is 5.32 Å². The molecule has 0 radical (unpaired) electrons. The Bertz CT molecular complexity index is 905. The SMILES string of the molecule is CS(=O)(=O)N(CCNC(=O)c1ccc(Cl)cc1)c1ccccc1C#N. The van der Waals surface area contributed by atoms with Gasteiger partial charge in [0, 0.05) is 17.1 Å². The second-order valence-electron chi connectivity index (χ2n) is 5.23. The van der Waals surface area contributed by atoms with E-state index in [0.29, 0.717) is 10.6 Å². The van der Waals surface area contributed by atoms with E-state index in [-0.39, 0.29) is 30.2 Å². The van der Waals surface area contributed by atoms with Gasteiger partial charge in [0.2, 0.25) is 10.0 Å². The molecule has 0 aliphatic carbocycles. The molecule has 25 heavy (non-hydrogen) atoms. The first kappa shape index (κ1) is 18.8. The van der Waals surface area contributed by atoms with Gasteiger partial charge in [-0.1, -0.05) is 23.7 Å². The molecule has 0 bridgehead atoms. The molecule has 8 heteroatoms. The fourth-order valence-corrected chi connectivity index (χ4v) is 3.29. The highest BCUT2D eigenvalue weighted by molar-refractivity contribution is 7.92. The standard InChI is InChI=1S/C17H16ClN3O3S/c1-25(23,24)21(16-5-3-2-4-14(16)12-19)11-10-20-17(22)13-6-8-15(18)9-7-13/h2-9H,10-11H2,1H3,(H,20,22). The van der Waals surface area contributed by atoms with Gasteiger partial charge in [0.25, 0.3) is 5.91 Å². The van der Waals surface area contributed by atoms with Gasteiger partial charge in [0.15, 0.2) is 0 Å². The molecule has 2 rings (SSSR count). The number of benzene rings is 2. The van der Waals surface area contributed by atoms with Gasteiger partial charge in [-0.05, 0) is 36.4 Å². The average Bonchev–Trinajstić information content (AvgIpc) is 2.58. The van der Waals surface area contributed by atoms with E-state index in [2.05, 4.69) is 5.32 Å². The first-order valence-electron chi connectivity index (χ1n) is 7.33. The first-order chi connectivity index (χ1) is 11.8. The summed E-state index contributed by atoms with van der Waals surface area (Å²) in [5.41, 5.74) is 0.956.